The molecule has 0 amide bonds. The number of hydrogen-bond acceptors (Lipinski definition) is 4. The molecule has 2 aromatic carbocycles. The number of anilines is 1. The van der Waals surface area contributed by atoms with E-state index in [9.17, 15) is 0 Å². The summed E-state index contributed by atoms with van der Waals surface area (Å²) in [6, 6.07) is 11.7. The minimum Gasteiger partial charge on any atom is -0.436 e. The molecule has 4 N–H and O–H groups in total. The van der Waals surface area contributed by atoms with Crippen LogP contribution in [0.25, 0.3) is 22.6 Å². The van der Waals surface area contributed by atoms with E-state index < -0.39 is 5.54 Å². The maximum atomic E-state index is 6.23. The smallest absolute Gasteiger partial charge is 0.227 e. The number of aryl methyl sites for hydroxylation is 1. The second kappa shape index (κ2) is 4.60. The van der Waals surface area contributed by atoms with Crippen molar-refractivity contribution < 1.29 is 4.42 Å². The first-order valence-corrected chi connectivity index (χ1v) is 6.92. The third-order valence-electron chi connectivity index (χ3n) is 3.61. The molecule has 0 aliphatic heterocycles. The molecule has 1 heterocycles. The molecule has 0 saturated carbocycles. The lowest BCUT2D eigenvalue weighted by atomic mass is 9.89. The first-order chi connectivity index (χ1) is 9.88. The summed E-state index contributed by atoms with van der Waals surface area (Å²) in [5, 5.41) is 0. The molecule has 0 aliphatic rings. The Labute approximate surface area is 123 Å². The van der Waals surface area contributed by atoms with Crippen molar-refractivity contribution in [1.82, 2.24) is 4.98 Å². The largest absolute Gasteiger partial charge is 0.436 e. The zero-order valence-corrected chi connectivity index (χ0v) is 12.5. The molecule has 3 rings (SSSR count). The highest BCUT2D eigenvalue weighted by molar-refractivity contribution is 5.85. The lowest BCUT2D eigenvalue weighted by Gasteiger charge is -2.23. The number of benzene rings is 2. The van der Waals surface area contributed by atoms with Gasteiger partial charge in [0.05, 0.1) is 0 Å². The summed E-state index contributed by atoms with van der Waals surface area (Å²) in [6.45, 7) is 5.85. The van der Waals surface area contributed by atoms with Crippen molar-refractivity contribution in [3.8, 4) is 11.5 Å². The molecule has 0 spiro atoms. The van der Waals surface area contributed by atoms with Crippen LogP contribution >= 0.6 is 0 Å². The monoisotopic (exact) mass is 281 g/mol. The highest BCUT2D eigenvalue weighted by atomic mass is 16.3. The van der Waals surface area contributed by atoms with Crippen molar-refractivity contribution >= 4 is 16.8 Å². The van der Waals surface area contributed by atoms with Gasteiger partial charge in [0.1, 0.15) is 5.52 Å². The van der Waals surface area contributed by atoms with Crippen LogP contribution in [-0.2, 0) is 5.54 Å². The molecule has 0 atom stereocenters. The second-order valence-corrected chi connectivity index (χ2v) is 5.92. The molecule has 0 saturated heterocycles. The molecule has 108 valence electrons. The van der Waals surface area contributed by atoms with E-state index in [1.165, 1.54) is 0 Å². The number of rotatable bonds is 2. The number of oxazole rings is 1. The maximum Gasteiger partial charge on any atom is 0.227 e. The fourth-order valence-corrected chi connectivity index (χ4v) is 2.81. The van der Waals surface area contributed by atoms with Gasteiger partial charge in [0.15, 0.2) is 5.58 Å². The van der Waals surface area contributed by atoms with E-state index in [1.807, 2.05) is 57.2 Å². The Bertz CT molecular complexity index is 798. The summed E-state index contributed by atoms with van der Waals surface area (Å²) in [4.78, 5) is 4.54. The predicted molar refractivity (Wildman–Crippen MR) is 85.8 cm³/mol. The van der Waals surface area contributed by atoms with Crippen LogP contribution in [0.15, 0.2) is 40.8 Å². The summed E-state index contributed by atoms with van der Waals surface area (Å²) in [5.41, 5.74) is 16.8. The fraction of sp³-hybridized carbons (Fsp3) is 0.235. The third kappa shape index (κ3) is 2.28. The van der Waals surface area contributed by atoms with Crippen LogP contribution in [0, 0.1) is 6.92 Å². The van der Waals surface area contributed by atoms with Crippen molar-refractivity contribution in [3.63, 3.8) is 0 Å². The molecule has 0 aliphatic carbocycles. The molecule has 21 heavy (non-hydrogen) atoms. The van der Waals surface area contributed by atoms with Gasteiger partial charge in [0, 0.05) is 27.9 Å². The van der Waals surface area contributed by atoms with E-state index in [-0.39, 0.29) is 0 Å². The molecule has 0 fully saturated rings. The molecule has 1 aromatic heterocycles. The Hall–Kier alpha value is -2.33. The van der Waals surface area contributed by atoms with Crippen LogP contribution in [0.4, 0.5) is 5.69 Å². The Morgan fingerprint density at radius 1 is 1.14 bits per heavy atom. The first-order valence-electron chi connectivity index (χ1n) is 6.92. The first kappa shape index (κ1) is 13.6. The molecule has 4 heteroatoms. The van der Waals surface area contributed by atoms with Crippen molar-refractivity contribution in [2.45, 2.75) is 26.3 Å². The van der Waals surface area contributed by atoms with Gasteiger partial charge in [0.25, 0.3) is 0 Å². The second-order valence-electron chi connectivity index (χ2n) is 5.92. The van der Waals surface area contributed by atoms with E-state index >= 15 is 0 Å². The van der Waals surface area contributed by atoms with Gasteiger partial charge in [0.2, 0.25) is 5.89 Å². The third-order valence-corrected chi connectivity index (χ3v) is 3.61. The standard InChI is InChI=1S/C17H19N3O/c1-10-14(17(2,3)19)12(18)9-13-15(10)21-16(20-13)11-7-5-4-6-8-11/h4-9H,18-19H2,1-3H3. The summed E-state index contributed by atoms with van der Waals surface area (Å²) in [6.07, 6.45) is 0. The van der Waals surface area contributed by atoms with Crippen LogP contribution in [0.5, 0.6) is 0 Å². The van der Waals surface area contributed by atoms with Crippen molar-refractivity contribution in [2.75, 3.05) is 5.73 Å². The summed E-state index contributed by atoms with van der Waals surface area (Å²) in [5.74, 6) is 0.597. The Morgan fingerprint density at radius 3 is 2.43 bits per heavy atom. The molecule has 0 bridgehead atoms. The Balaban J connectivity index is 2.26. The van der Waals surface area contributed by atoms with E-state index in [1.54, 1.807) is 0 Å². The van der Waals surface area contributed by atoms with Crippen LogP contribution in [0.3, 0.4) is 0 Å². The van der Waals surface area contributed by atoms with E-state index in [4.69, 9.17) is 15.9 Å². The SMILES string of the molecule is Cc1c(C(C)(C)N)c(N)cc2nc(-c3ccccc3)oc12. The van der Waals surface area contributed by atoms with Crippen LogP contribution in [-0.4, -0.2) is 4.98 Å². The maximum absolute atomic E-state index is 6.23. The van der Waals surface area contributed by atoms with Crippen molar-refractivity contribution in [3.05, 3.63) is 47.5 Å². The van der Waals surface area contributed by atoms with Gasteiger partial charge < -0.3 is 15.9 Å². The average Bonchev–Trinajstić information content (AvgIpc) is 2.82. The van der Waals surface area contributed by atoms with E-state index in [0.29, 0.717) is 11.6 Å². The number of aromatic nitrogens is 1. The number of nitrogens with two attached hydrogens (primary N) is 2. The summed E-state index contributed by atoms with van der Waals surface area (Å²) in [7, 11) is 0. The molecule has 4 nitrogen and oxygen atoms in total. The number of nitrogens with zero attached hydrogens (tertiary/aromatic N) is 1. The topological polar surface area (TPSA) is 78.1 Å². The summed E-state index contributed by atoms with van der Waals surface area (Å²) < 4.78 is 5.95. The highest BCUT2D eigenvalue weighted by Gasteiger charge is 2.24. The van der Waals surface area contributed by atoms with Gasteiger partial charge in [-0.2, -0.15) is 0 Å². The minimum absolute atomic E-state index is 0.526. The zero-order chi connectivity index (χ0) is 15.2. The lowest BCUT2D eigenvalue weighted by Crippen LogP contribution is -2.30. The van der Waals surface area contributed by atoms with Crippen LogP contribution in [0.2, 0.25) is 0 Å². The number of hydrogen-bond donors (Lipinski definition) is 2. The van der Waals surface area contributed by atoms with Gasteiger partial charge in [-0.3, -0.25) is 0 Å². The average molecular weight is 281 g/mol. The van der Waals surface area contributed by atoms with Crippen LogP contribution in [0.1, 0.15) is 25.0 Å². The van der Waals surface area contributed by atoms with Gasteiger partial charge >= 0.3 is 0 Å². The lowest BCUT2D eigenvalue weighted by molar-refractivity contribution is 0.549. The zero-order valence-electron chi connectivity index (χ0n) is 12.5. The molecule has 0 unspecified atom stereocenters. The van der Waals surface area contributed by atoms with Gasteiger partial charge in [-0.15, -0.1) is 0 Å². The fourth-order valence-electron chi connectivity index (χ4n) is 2.81. The molecular weight excluding hydrogens is 262 g/mol. The van der Waals surface area contributed by atoms with Gasteiger partial charge in [-0.05, 0) is 39.0 Å². The number of fused-ring (bicyclic) bond motifs is 1. The molecular formula is C17H19N3O. The molecule has 3 aromatic rings. The molecule has 0 radical (unpaired) electrons. The van der Waals surface area contributed by atoms with Crippen LogP contribution < -0.4 is 11.5 Å². The van der Waals surface area contributed by atoms with Gasteiger partial charge in [-0.25, -0.2) is 4.98 Å². The quantitative estimate of drug-likeness (QED) is 0.704. The van der Waals surface area contributed by atoms with Crippen molar-refractivity contribution in [2.24, 2.45) is 5.73 Å². The Kier molecular flexibility index (Phi) is 2.99. The van der Waals surface area contributed by atoms with E-state index in [2.05, 4.69) is 4.98 Å². The van der Waals surface area contributed by atoms with Crippen molar-refractivity contribution in [1.29, 1.82) is 0 Å². The van der Waals surface area contributed by atoms with Gasteiger partial charge in [-0.1, -0.05) is 18.2 Å². The predicted octanol–water partition coefficient (Wildman–Crippen LogP) is 3.58. The highest BCUT2D eigenvalue weighted by Crippen LogP contribution is 2.35. The van der Waals surface area contributed by atoms with E-state index in [0.717, 1.165) is 27.8 Å². The number of nitrogen functional groups attached to an aromatic ring is 1. The Morgan fingerprint density at radius 2 is 1.81 bits per heavy atom. The summed E-state index contributed by atoms with van der Waals surface area (Å²) >= 11 is 0. The minimum atomic E-state index is -0.526. The normalized spacial score (nSPS) is 12.0.